The number of carbonyl (C=O) groups excluding carboxylic acids is 3. The van der Waals surface area contributed by atoms with Gasteiger partial charge in [0, 0.05) is 14.1 Å². The van der Waals surface area contributed by atoms with Gasteiger partial charge in [-0.1, -0.05) is 0 Å². The molecule has 0 aliphatic rings. The Labute approximate surface area is 63.9 Å². The number of hydrogen-bond acceptors (Lipinski definition) is 3. The van der Waals surface area contributed by atoms with Gasteiger partial charge in [-0.2, -0.15) is 5.12 Å². The Balaban J connectivity index is 4.24. The van der Waals surface area contributed by atoms with E-state index in [1.807, 2.05) is 0 Å². The number of carbonyl (C=O) groups is 3. The molecular weight excluding hydrogens is 150 g/mol. The first kappa shape index (κ1) is 9.41. The van der Waals surface area contributed by atoms with Gasteiger partial charge >= 0.3 is 0 Å². The summed E-state index contributed by atoms with van der Waals surface area (Å²) in [6.45, 7) is 0. The number of amides is 3. The van der Waals surface area contributed by atoms with Crippen molar-refractivity contribution >= 4 is 19.2 Å². The monoisotopic (exact) mass is 159 g/mol. The molecule has 62 valence electrons. The maximum absolute atomic E-state index is 10.2. The predicted octanol–water partition coefficient (Wildman–Crippen LogP) is -1.55. The molecule has 0 spiro atoms. The molecular formula is C5H9N3O3. The van der Waals surface area contributed by atoms with E-state index in [9.17, 15) is 14.4 Å². The summed E-state index contributed by atoms with van der Waals surface area (Å²) in [6, 6.07) is 0. The number of hydrazine groups is 2. The van der Waals surface area contributed by atoms with Crippen LogP contribution in [0.15, 0.2) is 0 Å². The molecule has 6 heteroatoms. The highest BCUT2D eigenvalue weighted by Gasteiger charge is 2.09. The van der Waals surface area contributed by atoms with Crippen LogP contribution >= 0.6 is 0 Å². The van der Waals surface area contributed by atoms with Crippen molar-refractivity contribution in [3.05, 3.63) is 0 Å². The average molecular weight is 159 g/mol. The maximum Gasteiger partial charge on any atom is 0.248 e. The van der Waals surface area contributed by atoms with Crippen molar-refractivity contribution in [2.45, 2.75) is 0 Å². The highest BCUT2D eigenvalue weighted by molar-refractivity contribution is 5.57. The zero-order valence-electron chi connectivity index (χ0n) is 6.30. The number of nitrogens with zero attached hydrogens (tertiary/aromatic N) is 3. The molecule has 0 N–H and O–H groups in total. The van der Waals surface area contributed by atoms with Crippen molar-refractivity contribution < 1.29 is 14.4 Å². The molecule has 0 unspecified atom stereocenters. The molecule has 0 aliphatic heterocycles. The van der Waals surface area contributed by atoms with Gasteiger partial charge in [0.25, 0.3) is 0 Å². The van der Waals surface area contributed by atoms with Gasteiger partial charge < -0.3 is 0 Å². The second-order valence-electron chi connectivity index (χ2n) is 1.78. The molecule has 0 saturated carbocycles. The number of rotatable bonds is 5. The van der Waals surface area contributed by atoms with Crippen molar-refractivity contribution in [1.29, 1.82) is 0 Å². The van der Waals surface area contributed by atoms with Gasteiger partial charge in [0.05, 0.1) is 0 Å². The van der Waals surface area contributed by atoms with Gasteiger partial charge in [-0.25, -0.2) is 10.0 Å². The Morgan fingerprint density at radius 2 is 1.18 bits per heavy atom. The summed E-state index contributed by atoms with van der Waals surface area (Å²) in [6.07, 6.45) is 1.17. The highest BCUT2D eigenvalue weighted by atomic mass is 16.2. The molecule has 6 nitrogen and oxygen atoms in total. The van der Waals surface area contributed by atoms with Crippen molar-refractivity contribution in [2.24, 2.45) is 0 Å². The van der Waals surface area contributed by atoms with Gasteiger partial charge in [-0.3, -0.25) is 14.4 Å². The molecule has 0 fully saturated rings. The maximum atomic E-state index is 10.2. The third-order valence-corrected chi connectivity index (χ3v) is 1.05. The van der Waals surface area contributed by atoms with Crippen LogP contribution < -0.4 is 0 Å². The summed E-state index contributed by atoms with van der Waals surface area (Å²) in [5, 5.41) is 2.68. The largest absolute Gasteiger partial charge is 0.277 e. The van der Waals surface area contributed by atoms with Gasteiger partial charge in [-0.05, 0) is 0 Å². The van der Waals surface area contributed by atoms with E-state index in [2.05, 4.69) is 0 Å². The zero-order valence-corrected chi connectivity index (χ0v) is 6.30. The molecule has 0 atom stereocenters. The second-order valence-corrected chi connectivity index (χ2v) is 1.78. The third kappa shape index (κ3) is 2.24. The lowest BCUT2D eigenvalue weighted by molar-refractivity contribution is -0.178. The smallest absolute Gasteiger partial charge is 0.248 e. The highest BCUT2D eigenvalue weighted by Crippen LogP contribution is 1.88. The number of hydrogen-bond donors (Lipinski definition) is 0. The molecule has 0 rings (SSSR count). The Morgan fingerprint density at radius 1 is 0.818 bits per heavy atom. The van der Waals surface area contributed by atoms with Crippen molar-refractivity contribution in [1.82, 2.24) is 15.1 Å². The average Bonchev–Trinajstić information content (AvgIpc) is 2.05. The SMILES string of the molecule is CN(C=O)N(C=O)N(C)C=O. The molecule has 3 amide bonds. The fourth-order valence-electron chi connectivity index (χ4n) is 0.468. The van der Waals surface area contributed by atoms with Crippen LogP contribution in [0.1, 0.15) is 0 Å². The lowest BCUT2D eigenvalue weighted by atomic mass is 11.0. The Hall–Kier alpha value is -1.59. The van der Waals surface area contributed by atoms with Gasteiger partial charge in [0.2, 0.25) is 19.2 Å². The van der Waals surface area contributed by atoms with Gasteiger partial charge in [-0.15, -0.1) is 0 Å². The normalized spacial score (nSPS) is 8.18. The second kappa shape index (κ2) is 4.26. The van der Waals surface area contributed by atoms with E-state index in [0.717, 1.165) is 15.1 Å². The minimum Gasteiger partial charge on any atom is -0.277 e. The molecule has 0 aliphatic carbocycles. The predicted molar refractivity (Wildman–Crippen MR) is 35.6 cm³/mol. The van der Waals surface area contributed by atoms with Gasteiger partial charge in [0.15, 0.2) is 0 Å². The van der Waals surface area contributed by atoms with E-state index >= 15 is 0 Å². The molecule has 0 aromatic carbocycles. The quantitative estimate of drug-likeness (QED) is 0.360. The van der Waals surface area contributed by atoms with Crippen LogP contribution in [0.4, 0.5) is 0 Å². The van der Waals surface area contributed by atoms with E-state index in [0.29, 0.717) is 19.2 Å². The Kier molecular flexibility index (Phi) is 3.65. The van der Waals surface area contributed by atoms with E-state index in [4.69, 9.17) is 0 Å². The van der Waals surface area contributed by atoms with Crippen LogP contribution in [0.3, 0.4) is 0 Å². The third-order valence-electron chi connectivity index (χ3n) is 1.05. The lowest BCUT2D eigenvalue weighted by Crippen LogP contribution is -2.47. The van der Waals surface area contributed by atoms with E-state index in [-0.39, 0.29) is 0 Å². The summed E-state index contributed by atoms with van der Waals surface area (Å²) in [4.78, 5) is 30.4. The summed E-state index contributed by atoms with van der Waals surface area (Å²) in [5.41, 5.74) is 0. The van der Waals surface area contributed by atoms with Crippen LogP contribution in [0.2, 0.25) is 0 Å². The fraction of sp³-hybridized carbons (Fsp3) is 0.400. The molecule has 0 bridgehead atoms. The molecule has 0 aromatic rings. The molecule has 11 heavy (non-hydrogen) atoms. The molecule has 0 radical (unpaired) electrons. The van der Waals surface area contributed by atoms with Crippen LogP contribution in [0.25, 0.3) is 0 Å². The topological polar surface area (TPSA) is 60.9 Å². The van der Waals surface area contributed by atoms with Crippen LogP contribution in [0.5, 0.6) is 0 Å². The standard InChI is InChI=1S/C5H9N3O3/c1-6(3-9)8(5-11)7(2)4-10/h3-5H,1-2H3. The lowest BCUT2D eigenvalue weighted by Gasteiger charge is -2.29. The van der Waals surface area contributed by atoms with Crippen LogP contribution in [-0.2, 0) is 14.4 Å². The summed E-state index contributed by atoms with van der Waals surface area (Å²) >= 11 is 0. The summed E-state index contributed by atoms with van der Waals surface area (Å²) in [7, 11) is 2.70. The van der Waals surface area contributed by atoms with Crippen LogP contribution in [0, 0.1) is 0 Å². The molecule has 0 aromatic heterocycles. The zero-order chi connectivity index (χ0) is 8.85. The van der Waals surface area contributed by atoms with Crippen molar-refractivity contribution in [2.75, 3.05) is 14.1 Å². The fourth-order valence-corrected chi connectivity index (χ4v) is 0.468. The van der Waals surface area contributed by atoms with E-state index in [1.165, 1.54) is 14.1 Å². The molecule has 0 heterocycles. The summed E-state index contributed by atoms with van der Waals surface area (Å²) in [5.74, 6) is 0. The minimum atomic E-state index is 0.350. The Morgan fingerprint density at radius 3 is 1.36 bits per heavy atom. The molecule has 0 saturated heterocycles. The first-order valence-corrected chi connectivity index (χ1v) is 2.78. The van der Waals surface area contributed by atoms with Gasteiger partial charge in [0.1, 0.15) is 0 Å². The van der Waals surface area contributed by atoms with Crippen molar-refractivity contribution in [3.63, 3.8) is 0 Å². The Bertz CT molecular complexity index is 147. The minimum absolute atomic E-state index is 0.350. The van der Waals surface area contributed by atoms with Crippen LogP contribution in [-0.4, -0.2) is 48.5 Å². The van der Waals surface area contributed by atoms with E-state index < -0.39 is 0 Å². The summed E-state index contributed by atoms with van der Waals surface area (Å²) < 4.78 is 0. The first-order valence-electron chi connectivity index (χ1n) is 2.78. The van der Waals surface area contributed by atoms with Crippen molar-refractivity contribution in [3.8, 4) is 0 Å². The first-order chi connectivity index (χ1) is 5.17. The van der Waals surface area contributed by atoms with E-state index in [1.54, 1.807) is 0 Å².